The van der Waals surface area contributed by atoms with E-state index in [1.165, 1.54) is 0 Å². The van der Waals surface area contributed by atoms with Crippen LogP contribution in [-0.2, 0) is 34.0 Å². The second-order valence-electron chi connectivity index (χ2n) is 2.34. The van der Waals surface area contributed by atoms with Crippen LogP contribution in [0.1, 0.15) is 0 Å². The molecule has 0 amide bonds. The van der Waals surface area contributed by atoms with Gasteiger partial charge < -0.3 is 9.29 Å². The number of alkyl halides is 2. The highest BCUT2D eigenvalue weighted by Crippen LogP contribution is 2.21. The van der Waals surface area contributed by atoms with Crippen LogP contribution in [0.25, 0.3) is 0 Å². The Morgan fingerprint density at radius 2 is 1.75 bits per heavy atom. The number of esters is 1. The average Bonchev–Trinajstić information content (AvgIpc) is 1.99. The first-order valence-corrected chi connectivity index (χ1v) is 6.45. The van der Waals surface area contributed by atoms with Gasteiger partial charge in [-0.3, -0.25) is 0 Å². The van der Waals surface area contributed by atoms with E-state index in [1.807, 2.05) is 0 Å². The first-order valence-electron chi connectivity index (χ1n) is 3.23. The van der Waals surface area contributed by atoms with Gasteiger partial charge in [0.1, 0.15) is 0 Å². The van der Waals surface area contributed by atoms with Gasteiger partial charge in [-0.25, -0.2) is 17.4 Å². The van der Waals surface area contributed by atoms with Crippen LogP contribution in [0.3, 0.4) is 0 Å². The molecule has 0 aromatic carbocycles. The van der Waals surface area contributed by atoms with E-state index in [2.05, 4.69) is 8.92 Å². The number of halogens is 2. The van der Waals surface area contributed by atoms with Crippen LogP contribution in [0.5, 0.6) is 0 Å². The maximum Gasteiger partial charge on any atom is 0.429 e. The molecule has 0 radical (unpaired) electrons. The highest BCUT2D eigenvalue weighted by molar-refractivity contribution is 7.87. The zero-order valence-electron chi connectivity index (χ0n) is 7.55. The average molecular weight is 283 g/mol. The van der Waals surface area contributed by atoms with Crippen LogP contribution < -0.4 is 0 Å². The third-order valence-corrected chi connectivity index (χ3v) is 2.32. The lowest BCUT2D eigenvalue weighted by atomic mass is 10.7. The van der Waals surface area contributed by atoms with Crippen molar-refractivity contribution >= 4 is 26.2 Å². The molecule has 0 unspecified atom stereocenters. The number of hydrogen-bond acceptors (Lipinski definition) is 8. The molecule has 16 heavy (non-hydrogen) atoms. The molecule has 12 heteroatoms. The number of carbonyl (C=O) groups is 1. The summed E-state index contributed by atoms with van der Waals surface area (Å²) in [5.74, 6) is -2.72. The fraction of sp³-hybridized carbons (Fsp3) is 0.750. The van der Waals surface area contributed by atoms with Crippen molar-refractivity contribution in [3.63, 3.8) is 0 Å². The Balaban J connectivity index is 4.51. The van der Waals surface area contributed by atoms with Gasteiger partial charge in [-0.1, -0.05) is 0 Å². The first-order chi connectivity index (χ1) is 6.88. The van der Waals surface area contributed by atoms with Gasteiger partial charge in [0.2, 0.25) is 6.79 Å². The molecular formula is C4H5F2O8S2-. The first kappa shape index (κ1) is 15.2. The van der Waals surface area contributed by atoms with E-state index in [0.29, 0.717) is 6.26 Å². The Morgan fingerprint density at radius 1 is 1.31 bits per heavy atom. The number of rotatable bonds is 5. The fourth-order valence-electron chi connectivity index (χ4n) is 0.351. The van der Waals surface area contributed by atoms with E-state index in [0.717, 1.165) is 0 Å². The van der Waals surface area contributed by atoms with E-state index in [4.69, 9.17) is 0 Å². The highest BCUT2D eigenvalue weighted by atomic mass is 32.2. The van der Waals surface area contributed by atoms with E-state index >= 15 is 0 Å². The van der Waals surface area contributed by atoms with E-state index < -0.39 is 38.3 Å². The largest absolute Gasteiger partial charge is 0.743 e. The van der Waals surface area contributed by atoms with Gasteiger partial charge in [0, 0.05) is 0 Å². The summed E-state index contributed by atoms with van der Waals surface area (Å²) < 4.78 is 82.1. The smallest absolute Gasteiger partial charge is 0.429 e. The number of ether oxygens (including phenoxy) is 1. The Hall–Kier alpha value is -0.850. The summed E-state index contributed by atoms with van der Waals surface area (Å²) in [6.07, 6.45) is 0.531. The van der Waals surface area contributed by atoms with Gasteiger partial charge in [-0.2, -0.15) is 17.2 Å². The van der Waals surface area contributed by atoms with Gasteiger partial charge in [-0.05, 0) is 0 Å². The topological polar surface area (TPSA) is 127 Å². The van der Waals surface area contributed by atoms with Gasteiger partial charge in [0.15, 0.2) is 10.1 Å². The van der Waals surface area contributed by atoms with Crippen molar-refractivity contribution in [1.29, 1.82) is 0 Å². The molecule has 0 saturated carbocycles. The molecule has 0 aromatic heterocycles. The van der Waals surface area contributed by atoms with Crippen LogP contribution in [0.15, 0.2) is 0 Å². The molecule has 0 aromatic rings. The van der Waals surface area contributed by atoms with Crippen molar-refractivity contribution in [2.24, 2.45) is 0 Å². The molecule has 0 N–H and O–H groups in total. The summed E-state index contributed by atoms with van der Waals surface area (Å²) in [4.78, 5) is 10.4. The van der Waals surface area contributed by atoms with Crippen molar-refractivity contribution in [2.75, 3.05) is 13.0 Å². The van der Waals surface area contributed by atoms with Gasteiger partial charge in [0.05, 0.1) is 6.26 Å². The summed E-state index contributed by atoms with van der Waals surface area (Å²) in [6.45, 7) is -1.46. The summed E-state index contributed by atoms with van der Waals surface area (Å²) in [7, 11) is -10.3. The molecule has 0 aliphatic rings. The maximum atomic E-state index is 12.4. The Labute approximate surface area is 89.0 Å². The molecule has 0 atom stereocenters. The summed E-state index contributed by atoms with van der Waals surface area (Å²) in [6, 6.07) is 0. The lowest BCUT2D eigenvalue weighted by Crippen LogP contribution is -2.39. The minimum absolute atomic E-state index is 0.531. The van der Waals surface area contributed by atoms with Gasteiger partial charge in [-0.15, -0.1) is 0 Å². The predicted octanol–water partition coefficient (Wildman–Crippen LogP) is -1.40. The third kappa shape index (κ3) is 4.34. The van der Waals surface area contributed by atoms with Crippen LogP contribution >= 0.6 is 0 Å². The van der Waals surface area contributed by atoms with Crippen LogP contribution in [0.4, 0.5) is 8.78 Å². The second-order valence-corrected chi connectivity index (χ2v) is 5.41. The van der Waals surface area contributed by atoms with Crippen molar-refractivity contribution in [2.45, 2.75) is 5.25 Å². The SMILES string of the molecule is CS(=O)(=O)OCOC(=O)C(F)(F)S(=O)(=O)[O-]. The molecule has 0 spiro atoms. The minimum Gasteiger partial charge on any atom is -0.743 e. The fourth-order valence-corrected chi connectivity index (χ4v) is 0.837. The van der Waals surface area contributed by atoms with E-state index in [9.17, 15) is 35.0 Å². The number of hydrogen-bond donors (Lipinski definition) is 0. The van der Waals surface area contributed by atoms with E-state index in [-0.39, 0.29) is 0 Å². The number of carbonyl (C=O) groups excluding carboxylic acids is 1. The minimum atomic E-state index is -6.23. The third-order valence-electron chi connectivity index (χ3n) is 1.00. The molecule has 0 rings (SSSR count). The molecule has 0 aliphatic heterocycles. The van der Waals surface area contributed by atoms with Crippen molar-refractivity contribution in [3.05, 3.63) is 0 Å². The van der Waals surface area contributed by atoms with Crippen LogP contribution in [-0.4, -0.2) is 45.7 Å². The molecule has 0 bridgehead atoms. The second kappa shape index (κ2) is 4.57. The normalized spacial score (nSPS) is 13.5. The van der Waals surface area contributed by atoms with Crippen molar-refractivity contribution < 1.29 is 43.9 Å². The lowest BCUT2D eigenvalue weighted by molar-refractivity contribution is -0.167. The van der Waals surface area contributed by atoms with Gasteiger partial charge in [0.25, 0.3) is 10.1 Å². The van der Waals surface area contributed by atoms with Gasteiger partial charge >= 0.3 is 11.2 Å². The Kier molecular flexibility index (Phi) is 4.32. The quantitative estimate of drug-likeness (QED) is 0.261. The van der Waals surface area contributed by atoms with Crippen molar-refractivity contribution in [1.82, 2.24) is 0 Å². The highest BCUT2D eigenvalue weighted by Gasteiger charge is 2.48. The maximum absolute atomic E-state index is 12.4. The molecule has 96 valence electrons. The molecule has 0 fully saturated rings. The molecule has 0 heterocycles. The van der Waals surface area contributed by atoms with Crippen LogP contribution in [0.2, 0.25) is 0 Å². The zero-order valence-corrected chi connectivity index (χ0v) is 9.18. The Bertz CT molecular complexity index is 462. The molecular weight excluding hydrogens is 278 g/mol. The summed E-state index contributed by atoms with van der Waals surface area (Å²) in [5.41, 5.74) is 0. The zero-order chi connectivity index (χ0) is 13.2. The summed E-state index contributed by atoms with van der Waals surface area (Å²) in [5, 5.41) is -5.30. The Morgan fingerprint density at radius 3 is 2.06 bits per heavy atom. The molecule has 0 aliphatic carbocycles. The summed E-state index contributed by atoms with van der Waals surface area (Å²) >= 11 is 0. The van der Waals surface area contributed by atoms with E-state index in [1.54, 1.807) is 0 Å². The lowest BCUT2D eigenvalue weighted by Gasteiger charge is -2.17. The molecule has 0 saturated heterocycles. The predicted molar refractivity (Wildman–Crippen MR) is 41.5 cm³/mol. The standard InChI is InChI=1S/C4H6F2O8S2/c1-15(8,9)14-2-13-3(7)4(5,6)16(10,11)12/h2H2,1H3,(H,10,11,12)/p-1. The monoisotopic (exact) mass is 283 g/mol. The van der Waals surface area contributed by atoms with Crippen LogP contribution in [0, 0.1) is 0 Å². The molecule has 8 nitrogen and oxygen atoms in total. The van der Waals surface area contributed by atoms with Crippen molar-refractivity contribution in [3.8, 4) is 0 Å².